The molecule has 0 spiro atoms. The van der Waals surface area contributed by atoms with Gasteiger partial charge in [0.1, 0.15) is 24.4 Å². The van der Waals surface area contributed by atoms with Crippen molar-refractivity contribution in [2.45, 2.75) is 63.6 Å². The number of hydrogen-bond acceptors (Lipinski definition) is 6. The summed E-state index contributed by atoms with van der Waals surface area (Å²) >= 11 is 2.37. The Morgan fingerprint density at radius 1 is 0.500 bits per heavy atom. The molecule has 1 saturated heterocycles. The first-order chi connectivity index (χ1) is 21.8. The van der Waals surface area contributed by atoms with Crippen LogP contribution in [0.5, 0.6) is 0 Å². The minimum Gasteiger partial charge on any atom is -0.374 e. The van der Waals surface area contributed by atoms with Crippen molar-refractivity contribution in [3.05, 3.63) is 144 Å². The fraction of sp³-hybridized carbons (Fsp3) is 0.351. The van der Waals surface area contributed by atoms with E-state index in [4.69, 9.17) is 28.4 Å². The van der Waals surface area contributed by atoms with Crippen LogP contribution in [0.2, 0.25) is 0 Å². The highest BCUT2D eigenvalue weighted by Gasteiger charge is 2.49. The van der Waals surface area contributed by atoms with Crippen LogP contribution in [-0.4, -0.2) is 48.3 Å². The Kier molecular flexibility index (Phi) is 13.7. The molecule has 0 radical (unpaired) electrons. The summed E-state index contributed by atoms with van der Waals surface area (Å²) in [6, 6.07) is 40.6. The highest BCUT2D eigenvalue weighted by atomic mass is 127. The van der Waals surface area contributed by atoms with E-state index in [0.717, 1.165) is 33.1 Å². The number of alkyl halides is 1. The Bertz CT molecular complexity index is 1310. The molecule has 0 amide bonds. The van der Waals surface area contributed by atoms with Crippen molar-refractivity contribution in [2.24, 2.45) is 0 Å². The van der Waals surface area contributed by atoms with Crippen LogP contribution in [0.1, 0.15) is 28.7 Å². The predicted molar refractivity (Wildman–Crippen MR) is 179 cm³/mol. The van der Waals surface area contributed by atoms with E-state index in [1.165, 1.54) is 0 Å². The maximum Gasteiger partial charge on any atom is 0.186 e. The fourth-order valence-corrected chi connectivity index (χ4v) is 5.45. The second-order valence-corrected chi connectivity index (χ2v) is 11.8. The van der Waals surface area contributed by atoms with E-state index in [-0.39, 0.29) is 0 Å². The lowest BCUT2D eigenvalue weighted by Gasteiger charge is -2.46. The summed E-state index contributed by atoms with van der Waals surface area (Å²) in [7, 11) is 0. The van der Waals surface area contributed by atoms with Gasteiger partial charge in [-0.2, -0.15) is 0 Å². The molecule has 0 unspecified atom stereocenters. The molecular formula is C37H41IO6. The van der Waals surface area contributed by atoms with Crippen LogP contribution in [0.3, 0.4) is 0 Å². The van der Waals surface area contributed by atoms with Crippen LogP contribution in [-0.2, 0) is 54.8 Å². The molecule has 4 aromatic carbocycles. The molecule has 1 heterocycles. The Hall–Kier alpha value is -2.63. The molecular weight excluding hydrogens is 667 g/mol. The smallest absolute Gasteiger partial charge is 0.186 e. The van der Waals surface area contributed by atoms with E-state index in [0.29, 0.717) is 39.6 Å². The van der Waals surface area contributed by atoms with Gasteiger partial charge in [-0.15, -0.1) is 0 Å². The SMILES string of the molecule is ICCCO[C@H]1O[C@H](COCc2ccccc2)[C@H](OCc2ccccc2)[C@H](OCc2ccccc2)[C@H]1OCc1ccccc1. The topological polar surface area (TPSA) is 55.4 Å². The van der Waals surface area contributed by atoms with Gasteiger partial charge < -0.3 is 28.4 Å². The lowest BCUT2D eigenvalue weighted by atomic mass is 9.97. The molecule has 0 aromatic heterocycles. The van der Waals surface area contributed by atoms with E-state index in [1.807, 2.05) is 72.8 Å². The number of ether oxygens (including phenoxy) is 6. The number of hydrogen-bond donors (Lipinski definition) is 0. The molecule has 5 rings (SSSR count). The van der Waals surface area contributed by atoms with E-state index in [2.05, 4.69) is 71.1 Å². The van der Waals surface area contributed by atoms with E-state index in [9.17, 15) is 0 Å². The molecule has 1 aliphatic rings. The summed E-state index contributed by atoms with van der Waals surface area (Å²) in [6.45, 7) is 2.54. The van der Waals surface area contributed by atoms with Crippen LogP contribution >= 0.6 is 22.6 Å². The fourth-order valence-electron chi connectivity index (χ4n) is 5.14. The Morgan fingerprint density at radius 3 is 1.41 bits per heavy atom. The van der Waals surface area contributed by atoms with Gasteiger partial charge in [-0.1, -0.05) is 144 Å². The summed E-state index contributed by atoms with van der Waals surface area (Å²) in [5.74, 6) is 0. The second-order valence-electron chi connectivity index (χ2n) is 10.7. The Labute approximate surface area is 274 Å². The average Bonchev–Trinajstić information content (AvgIpc) is 3.08. The Balaban J connectivity index is 1.41. The van der Waals surface area contributed by atoms with Gasteiger partial charge in [-0.25, -0.2) is 0 Å². The molecule has 6 nitrogen and oxygen atoms in total. The van der Waals surface area contributed by atoms with Crippen LogP contribution in [0.25, 0.3) is 0 Å². The van der Waals surface area contributed by atoms with Gasteiger partial charge >= 0.3 is 0 Å². The molecule has 7 heteroatoms. The van der Waals surface area contributed by atoms with Crippen molar-refractivity contribution >= 4 is 22.6 Å². The first kappa shape index (κ1) is 32.8. The summed E-state index contributed by atoms with van der Waals surface area (Å²) < 4.78 is 40.3. The van der Waals surface area contributed by atoms with Gasteiger partial charge in [-0.3, -0.25) is 0 Å². The van der Waals surface area contributed by atoms with Crippen molar-refractivity contribution in [1.29, 1.82) is 0 Å². The van der Waals surface area contributed by atoms with Crippen molar-refractivity contribution in [1.82, 2.24) is 0 Å². The maximum absolute atomic E-state index is 6.74. The van der Waals surface area contributed by atoms with Gasteiger partial charge in [0, 0.05) is 4.43 Å². The van der Waals surface area contributed by atoms with E-state index >= 15 is 0 Å². The molecule has 1 aliphatic heterocycles. The van der Waals surface area contributed by atoms with Gasteiger partial charge in [0.05, 0.1) is 39.6 Å². The highest BCUT2D eigenvalue weighted by molar-refractivity contribution is 14.1. The van der Waals surface area contributed by atoms with E-state index < -0.39 is 30.7 Å². The molecule has 44 heavy (non-hydrogen) atoms. The van der Waals surface area contributed by atoms with Gasteiger partial charge in [0.15, 0.2) is 6.29 Å². The largest absolute Gasteiger partial charge is 0.374 e. The molecule has 0 aliphatic carbocycles. The minimum absolute atomic E-state index is 0.317. The zero-order chi connectivity index (χ0) is 30.2. The highest BCUT2D eigenvalue weighted by Crippen LogP contribution is 2.31. The first-order valence-electron chi connectivity index (χ1n) is 15.2. The molecule has 4 aromatic rings. The van der Waals surface area contributed by atoms with E-state index in [1.54, 1.807) is 0 Å². The second kappa shape index (κ2) is 18.4. The quantitative estimate of drug-likeness (QED) is 0.0643. The summed E-state index contributed by atoms with van der Waals surface area (Å²) in [6.07, 6.45) is -1.66. The normalized spacial score (nSPS) is 21.7. The molecule has 232 valence electrons. The third-order valence-electron chi connectivity index (χ3n) is 7.40. The minimum atomic E-state index is -0.649. The standard InChI is InChI=1S/C37H41IO6/c38-22-13-23-40-37-36(43-27-32-20-11-4-12-21-32)35(42-26-31-18-9-3-10-19-31)34(41-25-30-16-7-2-8-17-30)33(44-37)28-39-24-29-14-5-1-6-15-29/h1-12,14-21,33-37H,13,22-28H2/t33-,34+,35+,36-,37+/m1/s1. The molecule has 5 atom stereocenters. The average molecular weight is 709 g/mol. The number of rotatable bonds is 17. The summed E-state index contributed by atoms with van der Waals surface area (Å²) in [4.78, 5) is 0. The van der Waals surface area contributed by atoms with Crippen molar-refractivity contribution in [3.63, 3.8) is 0 Å². The van der Waals surface area contributed by atoms with Crippen molar-refractivity contribution < 1.29 is 28.4 Å². The summed E-state index contributed by atoms with van der Waals surface area (Å²) in [5, 5.41) is 0. The first-order valence-corrected chi connectivity index (χ1v) is 16.7. The molecule has 0 saturated carbocycles. The van der Waals surface area contributed by atoms with Gasteiger partial charge in [0.25, 0.3) is 0 Å². The predicted octanol–water partition coefficient (Wildman–Crippen LogP) is 7.53. The van der Waals surface area contributed by atoms with Gasteiger partial charge in [0.2, 0.25) is 0 Å². The third-order valence-corrected chi connectivity index (χ3v) is 8.16. The zero-order valence-corrected chi connectivity index (χ0v) is 27.1. The zero-order valence-electron chi connectivity index (χ0n) is 24.9. The van der Waals surface area contributed by atoms with Crippen LogP contribution in [0, 0.1) is 0 Å². The van der Waals surface area contributed by atoms with Crippen molar-refractivity contribution in [2.75, 3.05) is 17.6 Å². The number of benzene rings is 4. The van der Waals surface area contributed by atoms with Gasteiger partial charge in [-0.05, 0) is 28.7 Å². The number of halogens is 1. The third kappa shape index (κ3) is 10.2. The Morgan fingerprint density at radius 2 is 0.932 bits per heavy atom. The van der Waals surface area contributed by atoms with Crippen LogP contribution in [0.15, 0.2) is 121 Å². The lowest BCUT2D eigenvalue weighted by Crippen LogP contribution is -2.61. The van der Waals surface area contributed by atoms with Crippen molar-refractivity contribution in [3.8, 4) is 0 Å². The monoisotopic (exact) mass is 708 g/mol. The molecule has 1 fully saturated rings. The molecule has 0 bridgehead atoms. The van der Waals surface area contributed by atoms with Crippen LogP contribution < -0.4 is 0 Å². The summed E-state index contributed by atoms with van der Waals surface area (Å²) in [5.41, 5.74) is 4.30. The van der Waals surface area contributed by atoms with Crippen LogP contribution in [0.4, 0.5) is 0 Å². The lowest BCUT2D eigenvalue weighted by molar-refractivity contribution is -0.328. The molecule has 0 N–H and O–H groups in total. The maximum atomic E-state index is 6.74.